The zero-order chi connectivity index (χ0) is 12.6. The number of hydrogen-bond donors (Lipinski definition) is 0. The summed E-state index contributed by atoms with van der Waals surface area (Å²) in [6.45, 7) is 9.62. The van der Waals surface area contributed by atoms with Gasteiger partial charge in [0.2, 0.25) is 0 Å². The second-order valence-electron chi connectivity index (χ2n) is 4.90. The molecule has 5 nitrogen and oxygen atoms in total. The van der Waals surface area contributed by atoms with E-state index >= 15 is 0 Å². The largest absolute Gasteiger partial charge is 0.356 e. The lowest BCUT2D eigenvalue weighted by Gasteiger charge is -2.18. The molecule has 2 aliphatic rings. The van der Waals surface area contributed by atoms with Gasteiger partial charge in [0.15, 0.2) is 11.9 Å². The van der Waals surface area contributed by atoms with Crippen molar-refractivity contribution in [1.82, 2.24) is 4.90 Å². The molecule has 0 aliphatic carbocycles. The first-order chi connectivity index (χ1) is 7.98. The molecule has 0 unspecified atom stereocenters. The van der Waals surface area contributed by atoms with Crippen LogP contribution in [0.15, 0.2) is 0 Å². The van der Waals surface area contributed by atoms with Crippen molar-refractivity contribution in [2.75, 3.05) is 19.7 Å². The van der Waals surface area contributed by atoms with Gasteiger partial charge in [-0.3, -0.25) is 4.79 Å². The molecule has 0 bridgehead atoms. The van der Waals surface area contributed by atoms with Gasteiger partial charge in [0.25, 0.3) is 5.91 Å². The second kappa shape index (κ2) is 4.55. The lowest BCUT2D eigenvalue weighted by atomic mass is 10.2. The van der Waals surface area contributed by atoms with E-state index in [0.29, 0.717) is 6.61 Å². The summed E-state index contributed by atoms with van der Waals surface area (Å²) in [5.74, 6) is -0.493. The Hall–Kier alpha value is -0.650. The number of nitrogens with zero attached hydrogens (tertiary/aromatic N) is 1. The van der Waals surface area contributed by atoms with Gasteiger partial charge in [-0.25, -0.2) is 0 Å². The van der Waals surface area contributed by atoms with Crippen molar-refractivity contribution < 1.29 is 19.0 Å². The van der Waals surface area contributed by atoms with Crippen LogP contribution in [0.4, 0.5) is 0 Å². The molecule has 1 amide bonds. The van der Waals surface area contributed by atoms with E-state index in [4.69, 9.17) is 14.2 Å². The Morgan fingerprint density at radius 2 is 2.00 bits per heavy atom. The van der Waals surface area contributed by atoms with Gasteiger partial charge in [-0.2, -0.15) is 0 Å². The van der Waals surface area contributed by atoms with Crippen molar-refractivity contribution in [3.63, 3.8) is 0 Å². The van der Waals surface area contributed by atoms with Crippen LogP contribution in [0.5, 0.6) is 0 Å². The van der Waals surface area contributed by atoms with Crippen molar-refractivity contribution in [2.24, 2.45) is 0 Å². The summed E-state index contributed by atoms with van der Waals surface area (Å²) in [5.41, 5.74) is 0. The van der Waals surface area contributed by atoms with Crippen molar-refractivity contribution in [3.05, 3.63) is 0 Å². The maximum Gasteiger partial charge on any atom is 0.254 e. The Labute approximate surface area is 102 Å². The number of carbonyl (C=O) groups is 1. The SMILES string of the molecule is CCN(CC)C(=O)[C@H]1O[C@@H]1[C@H]1COC(C)(C)O1. The quantitative estimate of drug-likeness (QED) is 0.684. The maximum absolute atomic E-state index is 12.0. The fourth-order valence-corrected chi connectivity index (χ4v) is 2.20. The highest BCUT2D eigenvalue weighted by molar-refractivity contribution is 5.83. The summed E-state index contributed by atoms with van der Waals surface area (Å²) in [5, 5.41) is 0. The minimum absolute atomic E-state index is 0.0632. The Morgan fingerprint density at radius 3 is 2.47 bits per heavy atom. The molecule has 0 radical (unpaired) electrons. The molecule has 2 rings (SSSR count). The van der Waals surface area contributed by atoms with Gasteiger partial charge in [0.05, 0.1) is 6.61 Å². The average molecular weight is 243 g/mol. The summed E-state index contributed by atoms with van der Waals surface area (Å²) >= 11 is 0. The van der Waals surface area contributed by atoms with Gasteiger partial charge in [-0.1, -0.05) is 0 Å². The molecule has 5 heteroatoms. The van der Waals surface area contributed by atoms with Crippen LogP contribution in [-0.2, 0) is 19.0 Å². The molecular weight excluding hydrogens is 222 g/mol. The van der Waals surface area contributed by atoms with Gasteiger partial charge in [-0.05, 0) is 27.7 Å². The lowest BCUT2D eigenvalue weighted by molar-refractivity contribution is -0.140. The highest BCUT2D eigenvalue weighted by Gasteiger charge is 2.55. The molecule has 0 spiro atoms. The van der Waals surface area contributed by atoms with E-state index in [1.54, 1.807) is 4.90 Å². The predicted octanol–water partition coefficient (Wildman–Crippen LogP) is 0.774. The third-order valence-corrected chi connectivity index (χ3v) is 3.24. The maximum atomic E-state index is 12.0. The van der Waals surface area contributed by atoms with Crippen LogP contribution in [0.25, 0.3) is 0 Å². The van der Waals surface area contributed by atoms with Crippen LogP contribution in [0, 0.1) is 0 Å². The second-order valence-corrected chi connectivity index (χ2v) is 4.90. The number of likely N-dealkylation sites (N-methyl/N-ethyl adjacent to an activating group) is 1. The summed E-state index contributed by atoms with van der Waals surface area (Å²) < 4.78 is 16.6. The molecule has 0 aromatic rings. The van der Waals surface area contributed by atoms with Crippen molar-refractivity contribution >= 4 is 5.91 Å². The first kappa shape index (κ1) is 12.8. The summed E-state index contributed by atoms with van der Waals surface area (Å²) in [7, 11) is 0. The zero-order valence-corrected chi connectivity index (χ0v) is 10.9. The molecule has 17 heavy (non-hydrogen) atoms. The number of epoxide rings is 1. The molecule has 2 aliphatic heterocycles. The average Bonchev–Trinajstić information content (AvgIpc) is 2.99. The number of amides is 1. The highest BCUT2D eigenvalue weighted by atomic mass is 16.8. The van der Waals surface area contributed by atoms with Gasteiger partial charge < -0.3 is 19.1 Å². The molecule has 0 saturated carbocycles. The summed E-state index contributed by atoms with van der Waals surface area (Å²) in [6, 6.07) is 0. The van der Waals surface area contributed by atoms with Gasteiger partial charge in [-0.15, -0.1) is 0 Å². The summed E-state index contributed by atoms with van der Waals surface area (Å²) in [4.78, 5) is 13.8. The van der Waals surface area contributed by atoms with E-state index in [2.05, 4.69) is 0 Å². The van der Waals surface area contributed by atoms with E-state index < -0.39 is 5.79 Å². The van der Waals surface area contributed by atoms with E-state index in [1.165, 1.54) is 0 Å². The molecule has 98 valence electrons. The molecule has 2 heterocycles. The molecule has 0 N–H and O–H groups in total. The Bertz CT molecular complexity index is 301. The van der Waals surface area contributed by atoms with Crippen LogP contribution in [-0.4, -0.2) is 54.6 Å². The molecule has 2 fully saturated rings. The number of ether oxygens (including phenoxy) is 3. The zero-order valence-electron chi connectivity index (χ0n) is 10.9. The topological polar surface area (TPSA) is 51.3 Å². The fraction of sp³-hybridized carbons (Fsp3) is 0.917. The minimum atomic E-state index is -0.556. The number of carbonyl (C=O) groups excluding carboxylic acids is 1. The number of rotatable bonds is 4. The monoisotopic (exact) mass is 243 g/mol. The molecular formula is C12H21NO4. The van der Waals surface area contributed by atoms with Gasteiger partial charge in [0, 0.05) is 13.1 Å². The van der Waals surface area contributed by atoms with Crippen LogP contribution < -0.4 is 0 Å². The van der Waals surface area contributed by atoms with Crippen LogP contribution in [0.2, 0.25) is 0 Å². The fourth-order valence-electron chi connectivity index (χ4n) is 2.20. The van der Waals surface area contributed by atoms with E-state index in [-0.39, 0.29) is 24.2 Å². The minimum Gasteiger partial charge on any atom is -0.356 e. The standard InChI is InChI=1S/C12H21NO4/c1-5-13(6-2)11(14)10-9(16-10)8-7-15-12(3,4)17-8/h8-10H,5-7H2,1-4H3/t8-,9-,10+/m1/s1. The van der Waals surface area contributed by atoms with Crippen LogP contribution >= 0.6 is 0 Å². The third-order valence-electron chi connectivity index (χ3n) is 3.24. The first-order valence-corrected chi connectivity index (χ1v) is 6.24. The molecule has 3 atom stereocenters. The first-order valence-electron chi connectivity index (χ1n) is 6.24. The van der Waals surface area contributed by atoms with E-state index in [0.717, 1.165) is 13.1 Å². The molecule has 0 aromatic carbocycles. The smallest absolute Gasteiger partial charge is 0.254 e. The van der Waals surface area contributed by atoms with E-state index in [9.17, 15) is 4.79 Å². The summed E-state index contributed by atoms with van der Waals surface area (Å²) in [6.07, 6.45) is -0.586. The Kier molecular flexibility index (Phi) is 3.43. The Balaban J connectivity index is 1.87. The highest BCUT2D eigenvalue weighted by Crippen LogP contribution is 2.35. The van der Waals surface area contributed by atoms with E-state index in [1.807, 2.05) is 27.7 Å². The van der Waals surface area contributed by atoms with Crippen LogP contribution in [0.3, 0.4) is 0 Å². The Morgan fingerprint density at radius 1 is 1.35 bits per heavy atom. The van der Waals surface area contributed by atoms with Gasteiger partial charge >= 0.3 is 0 Å². The third kappa shape index (κ3) is 2.61. The normalized spacial score (nSPS) is 34.7. The van der Waals surface area contributed by atoms with Crippen molar-refractivity contribution in [3.8, 4) is 0 Å². The lowest BCUT2D eigenvalue weighted by Crippen LogP contribution is -2.36. The molecule has 0 aromatic heterocycles. The van der Waals surface area contributed by atoms with Crippen LogP contribution in [0.1, 0.15) is 27.7 Å². The number of hydrogen-bond acceptors (Lipinski definition) is 4. The van der Waals surface area contributed by atoms with Crippen molar-refractivity contribution in [1.29, 1.82) is 0 Å². The van der Waals surface area contributed by atoms with Crippen molar-refractivity contribution in [2.45, 2.75) is 51.8 Å². The predicted molar refractivity (Wildman–Crippen MR) is 61.5 cm³/mol. The van der Waals surface area contributed by atoms with Gasteiger partial charge in [0.1, 0.15) is 12.2 Å². The molecule has 2 saturated heterocycles.